The molecule has 0 fully saturated rings. The van der Waals surface area contributed by atoms with Crippen LogP contribution in [0.1, 0.15) is 0 Å². The van der Waals surface area contributed by atoms with E-state index in [0.717, 1.165) is 5.13 Å². The molecule has 0 aliphatic carbocycles. The van der Waals surface area contributed by atoms with Crippen molar-refractivity contribution in [1.82, 2.24) is 10.2 Å². The zero-order chi connectivity index (χ0) is 12.9. The van der Waals surface area contributed by atoms with Crippen LogP contribution in [0.2, 0.25) is 0 Å². The summed E-state index contributed by atoms with van der Waals surface area (Å²) in [6, 6.07) is 20.9. The first-order valence-corrected chi connectivity index (χ1v) is 8.09. The van der Waals surface area contributed by atoms with E-state index in [4.69, 9.17) is 0 Å². The lowest BCUT2D eigenvalue weighted by Crippen LogP contribution is -2.16. The Bertz CT molecular complexity index is 574. The maximum absolute atomic E-state index is 4.08. The summed E-state index contributed by atoms with van der Waals surface area (Å²) in [5.41, 5.74) is 1.74. The molecule has 1 heterocycles. The summed E-state index contributed by atoms with van der Waals surface area (Å²) in [5.74, 6) is 0. The molecule has 0 amide bonds. The van der Waals surface area contributed by atoms with Crippen LogP contribution in [-0.4, -0.2) is 10.2 Å². The van der Waals surface area contributed by atoms with E-state index < -0.39 is 8.07 Å². The number of hydrogen-bond acceptors (Lipinski definition) is 4. The maximum Gasteiger partial charge on any atom is 0.209 e. The second kappa shape index (κ2) is 5.91. The van der Waals surface area contributed by atoms with Crippen molar-refractivity contribution in [3.8, 4) is 0 Å². The lowest BCUT2D eigenvalue weighted by molar-refractivity contribution is 1.10. The van der Waals surface area contributed by atoms with E-state index in [1.807, 2.05) is 12.1 Å². The highest BCUT2D eigenvalue weighted by Gasteiger charge is 2.14. The van der Waals surface area contributed by atoms with Crippen molar-refractivity contribution < 1.29 is 0 Å². The highest BCUT2D eigenvalue weighted by atomic mass is 32.1. The molecule has 3 aromatic rings. The lowest BCUT2D eigenvalue weighted by atomic mass is 10.4. The fourth-order valence-electron chi connectivity index (χ4n) is 1.75. The molecule has 0 spiro atoms. The van der Waals surface area contributed by atoms with Gasteiger partial charge in [0.1, 0.15) is 5.51 Å². The molecule has 1 N–H and O–H groups in total. The van der Waals surface area contributed by atoms with Gasteiger partial charge < -0.3 is 5.09 Å². The van der Waals surface area contributed by atoms with E-state index in [9.17, 15) is 0 Å². The van der Waals surface area contributed by atoms with Gasteiger partial charge in [0, 0.05) is 10.6 Å². The van der Waals surface area contributed by atoms with E-state index in [-0.39, 0.29) is 0 Å². The van der Waals surface area contributed by atoms with Gasteiger partial charge in [0.05, 0.1) is 8.07 Å². The Hall–Kier alpha value is -1.77. The number of nitrogens with zero attached hydrogens (tertiary/aromatic N) is 2. The van der Waals surface area contributed by atoms with Gasteiger partial charge in [0.2, 0.25) is 5.13 Å². The molecule has 0 saturated heterocycles. The standard InChI is InChI=1S/C14H12N3PS/c1-3-7-12(8-4-1)18(13-9-5-2-6-10-13)17-14-16-15-11-19-14/h1-11H,(H,16,17). The molecule has 0 bridgehead atoms. The molecule has 0 radical (unpaired) electrons. The van der Waals surface area contributed by atoms with Gasteiger partial charge in [-0.3, -0.25) is 0 Å². The molecule has 2 aromatic carbocycles. The molecule has 0 aliphatic heterocycles. The summed E-state index contributed by atoms with van der Waals surface area (Å²) < 4.78 is 0. The van der Waals surface area contributed by atoms with Crippen LogP contribution in [0.4, 0.5) is 5.13 Å². The first-order chi connectivity index (χ1) is 9.43. The summed E-state index contributed by atoms with van der Waals surface area (Å²) in [7, 11) is -0.644. The quantitative estimate of drug-likeness (QED) is 0.749. The van der Waals surface area contributed by atoms with E-state index in [0.29, 0.717) is 0 Å². The molecule has 0 unspecified atom stereocenters. The van der Waals surface area contributed by atoms with Gasteiger partial charge in [-0.05, 0) is 0 Å². The van der Waals surface area contributed by atoms with Crippen LogP contribution in [0.5, 0.6) is 0 Å². The van der Waals surface area contributed by atoms with Crippen LogP contribution < -0.4 is 15.7 Å². The van der Waals surface area contributed by atoms with E-state index in [1.165, 1.54) is 21.9 Å². The monoisotopic (exact) mass is 285 g/mol. The van der Waals surface area contributed by atoms with Crippen LogP contribution in [-0.2, 0) is 0 Å². The van der Waals surface area contributed by atoms with Crippen molar-refractivity contribution in [3.63, 3.8) is 0 Å². The number of aromatic nitrogens is 2. The van der Waals surface area contributed by atoms with E-state index in [2.05, 4.69) is 63.8 Å². The van der Waals surface area contributed by atoms with Crippen LogP contribution in [0.3, 0.4) is 0 Å². The minimum absolute atomic E-state index is 0.644. The Morgan fingerprint density at radius 3 is 1.89 bits per heavy atom. The van der Waals surface area contributed by atoms with Crippen molar-refractivity contribution in [2.24, 2.45) is 0 Å². The average molecular weight is 285 g/mol. The maximum atomic E-state index is 4.08. The average Bonchev–Trinajstić information content (AvgIpc) is 3.00. The number of anilines is 1. The zero-order valence-corrected chi connectivity index (χ0v) is 11.8. The Morgan fingerprint density at radius 1 is 0.842 bits per heavy atom. The number of rotatable bonds is 4. The molecule has 3 rings (SSSR count). The Kier molecular flexibility index (Phi) is 3.82. The van der Waals surface area contributed by atoms with Crippen LogP contribution >= 0.6 is 19.4 Å². The van der Waals surface area contributed by atoms with Gasteiger partial charge in [-0.25, -0.2) is 0 Å². The third kappa shape index (κ3) is 2.98. The minimum Gasteiger partial charge on any atom is -0.332 e. The fraction of sp³-hybridized carbons (Fsp3) is 0. The highest BCUT2D eigenvalue weighted by molar-refractivity contribution is 7.74. The summed E-state index contributed by atoms with van der Waals surface area (Å²) in [5, 5.41) is 14.9. The largest absolute Gasteiger partial charge is 0.332 e. The molecule has 0 saturated carbocycles. The molecule has 94 valence electrons. The summed E-state index contributed by atoms with van der Waals surface area (Å²) in [6.07, 6.45) is 0. The molecule has 3 nitrogen and oxygen atoms in total. The third-order valence-corrected chi connectivity index (χ3v) is 5.42. The molecule has 0 atom stereocenters. The minimum atomic E-state index is -0.644. The van der Waals surface area contributed by atoms with Gasteiger partial charge >= 0.3 is 0 Å². The smallest absolute Gasteiger partial charge is 0.209 e. The second-order valence-electron chi connectivity index (χ2n) is 3.86. The zero-order valence-electron chi connectivity index (χ0n) is 10.1. The topological polar surface area (TPSA) is 37.8 Å². The lowest BCUT2D eigenvalue weighted by Gasteiger charge is -2.18. The van der Waals surface area contributed by atoms with Crippen molar-refractivity contribution in [3.05, 3.63) is 66.2 Å². The third-order valence-electron chi connectivity index (χ3n) is 2.60. The first kappa shape index (κ1) is 12.3. The van der Waals surface area contributed by atoms with Gasteiger partial charge in [0.15, 0.2) is 0 Å². The summed E-state index contributed by atoms with van der Waals surface area (Å²) in [4.78, 5) is 0. The molecule has 0 aliphatic rings. The predicted molar refractivity (Wildman–Crippen MR) is 82.6 cm³/mol. The van der Waals surface area contributed by atoms with E-state index >= 15 is 0 Å². The van der Waals surface area contributed by atoms with Crippen LogP contribution in [0, 0.1) is 0 Å². The Morgan fingerprint density at radius 2 is 1.42 bits per heavy atom. The molecular weight excluding hydrogens is 273 g/mol. The van der Waals surface area contributed by atoms with Crippen molar-refractivity contribution in [2.45, 2.75) is 0 Å². The van der Waals surface area contributed by atoms with Gasteiger partial charge in [-0.1, -0.05) is 72.0 Å². The summed E-state index contributed by atoms with van der Waals surface area (Å²) in [6.45, 7) is 0. The Balaban J connectivity index is 1.96. The Labute approximate surface area is 117 Å². The number of nitrogens with one attached hydrogen (secondary N) is 1. The van der Waals surface area contributed by atoms with E-state index in [1.54, 1.807) is 5.51 Å². The van der Waals surface area contributed by atoms with Crippen molar-refractivity contribution >= 4 is 35.1 Å². The number of benzene rings is 2. The van der Waals surface area contributed by atoms with Gasteiger partial charge in [-0.2, -0.15) is 0 Å². The molecule has 19 heavy (non-hydrogen) atoms. The van der Waals surface area contributed by atoms with Gasteiger partial charge in [-0.15, -0.1) is 10.2 Å². The molecular formula is C14H12N3PS. The first-order valence-electron chi connectivity index (χ1n) is 5.86. The highest BCUT2D eigenvalue weighted by Crippen LogP contribution is 2.34. The normalized spacial score (nSPS) is 10.6. The van der Waals surface area contributed by atoms with Crippen LogP contribution in [0.25, 0.3) is 0 Å². The van der Waals surface area contributed by atoms with Gasteiger partial charge in [0.25, 0.3) is 0 Å². The second-order valence-corrected chi connectivity index (χ2v) is 6.62. The molecule has 5 heteroatoms. The number of hydrogen-bond donors (Lipinski definition) is 1. The molecule has 1 aromatic heterocycles. The predicted octanol–water partition coefficient (Wildman–Crippen LogP) is 3.00. The van der Waals surface area contributed by atoms with Crippen molar-refractivity contribution in [2.75, 3.05) is 5.09 Å². The fourth-order valence-corrected chi connectivity index (χ4v) is 4.26. The van der Waals surface area contributed by atoms with Crippen molar-refractivity contribution in [1.29, 1.82) is 0 Å². The summed E-state index contributed by atoms with van der Waals surface area (Å²) >= 11 is 1.52. The SMILES string of the molecule is c1ccc(P(Nc2nncs2)c2ccccc2)cc1. The van der Waals surface area contributed by atoms with Crippen LogP contribution in [0.15, 0.2) is 66.2 Å².